The second-order valence-electron chi connectivity index (χ2n) is 7.97. The Morgan fingerprint density at radius 3 is 2.54 bits per heavy atom. The Morgan fingerprint density at radius 2 is 1.92 bits per heavy atom. The largest absolute Gasteiger partial charge is 0.459 e. The molecule has 128 valence electrons. The Hall–Kier alpha value is -1.97. The summed E-state index contributed by atoms with van der Waals surface area (Å²) in [4.78, 5) is 38.3. The van der Waals surface area contributed by atoms with Crippen LogP contribution in [0.25, 0.3) is 0 Å². The lowest BCUT2D eigenvalue weighted by molar-refractivity contribution is -0.168. The van der Waals surface area contributed by atoms with Gasteiger partial charge in [0, 0.05) is 18.4 Å². The van der Waals surface area contributed by atoms with Crippen LogP contribution in [-0.4, -0.2) is 23.1 Å². The topological polar surface area (TPSA) is 60.4 Å². The van der Waals surface area contributed by atoms with E-state index in [2.05, 4.69) is 0 Å². The number of hydrogen-bond acceptors (Lipinski definition) is 4. The van der Waals surface area contributed by atoms with E-state index in [0.717, 1.165) is 12.0 Å². The molecule has 0 amide bonds. The molecule has 4 heteroatoms. The van der Waals surface area contributed by atoms with Crippen molar-refractivity contribution >= 4 is 17.5 Å². The molecule has 0 radical (unpaired) electrons. The second kappa shape index (κ2) is 5.83. The summed E-state index contributed by atoms with van der Waals surface area (Å²) in [7, 11) is 0. The highest BCUT2D eigenvalue weighted by atomic mass is 16.6. The summed E-state index contributed by atoms with van der Waals surface area (Å²) in [5.41, 5.74) is -0.432. The first kappa shape index (κ1) is 16.9. The molecule has 4 nitrogen and oxygen atoms in total. The van der Waals surface area contributed by atoms with E-state index in [1.165, 1.54) is 0 Å². The smallest absolute Gasteiger partial charge is 0.321 e. The van der Waals surface area contributed by atoms with E-state index in [4.69, 9.17) is 4.74 Å². The molecule has 0 aliphatic heterocycles. The van der Waals surface area contributed by atoms with Gasteiger partial charge >= 0.3 is 5.97 Å². The van der Waals surface area contributed by atoms with Crippen LogP contribution in [0.5, 0.6) is 0 Å². The number of ether oxygens (including phenoxy) is 1. The molecule has 2 aliphatic carbocycles. The van der Waals surface area contributed by atoms with Crippen LogP contribution in [0.1, 0.15) is 62.4 Å². The Bertz CT molecular complexity index is 698. The maximum Gasteiger partial charge on any atom is 0.321 e. The van der Waals surface area contributed by atoms with Gasteiger partial charge in [-0.15, -0.1) is 0 Å². The summed E-state index contributed by atoms with van der Waals surface area (Å²) in [5.74, 6) is -0.783. The van der Waals surface area contributed by atoms with Crippen LogP contribution in [0.15, 0.2) is 24.3 Å². The summed E-state index contributed by atoms with van der Waals surface area (Å²) in [6.45, 7) is 5.41. The highest BCUT2D eigenvalue weighted by Gasteiger charge is 2.58. The molecule has 0 heterocycles. The third-order valence-electron chi connectivity index (χ3n) is 5.08. The molecule has 0 aromatic heterocycles. The molecule has 2 atom stereocenters. The van der Waals surface area contributed by atoms with Gasteiger partial charge in [0.05, 0.1) is 0 Å². The molecule has 1 saturated carbocycles. The molecular weight excluding hydrogens is 304 g/mol. The molecule has 0 saturated heterocycles. The highest BCUT2D eigenvalue weighted by Crippen LogP contribution is 2.48. The van der Waals surface area contributed by atoms with Crippen molar-refractivity contribution < 1.29 is 19.1 Å². The van der Waals surface area contributed by atoms with E-state index in [1.54, 1.807) is 26.8 Å². The number of Topliss-reactive ketones (excluding diaryl/α,β-unsaturated/α-hetero) is 2. The van der Waals surface area contributed by atoms with Crippen molar-refractivity contribution in [3.8, 4) is 0 Å². The fraction of sp³-hybridized carbons (Fsp3) is 0.550. The third-order valence-corrected chi connectivity index (χ3v) is 5.08. The summed E-state index contributed by atoms with van der Waals surface area (Å²) in [6, 6.07) is 7.36. The average Bonchev–Trinajstić information content (AvgIpc) is 2.80. The number of rotatable bonds is 2. The average molecular weight is 328 g/mol. The Morgan fingerprint density at radius 1 is 1.21 bits per heavy atom. The van der Waals surface area contributed by atoms with Crippen molar-refractivity contribution in [2.75, 3.05) is 0 Å². The number of carbonyl (C=O) groups excluding carboxylic acids is 3. The van der Waals surface area contributed by atoms with Gasteiger partial charge in [0.15, 0.2) is 5.78 Å². The van der Waals surface area contributed by atoms with Crippen molar-refractivity contribution in [1.82, 2.24) is 0 Å². The van der Waals surface area contributed by atoms with Gasteiger partial charge in [-0.25, -0.2) is 0 Å². The number of esters is 1. The summed E-state index contributed by atoms with van der Waals surface area (Å²) in [6.07, 6.45) is 2.62. The van der Waals surface area contributed by atoms with E-state index in [9.17, 15) is 14.4 Å². The van der Waals surface area contributed by atoms with Crippen LogP contribution < -0.4 is 0 Å². The van der Waals surface area contributed by atoms with Gasteiger partial charge in [-0.1, -0.05) is 24.3 Å². The third kappa shape index (κ3) is 2.79. The molecule has 0 spiro atoms. The molecule has 2 unspecified atom stereocenters. The van der Waals surface area contributed by atoms with Crippen LogP contribution in [0.3, 0.4) is 0 Å². The fourth-order valence-electron chi connectivity index (χ4n) is 3.99. The zero-order valence-electron chi connectivity index (χ0n) is 14.6. The second-order valence-corrected chi connectivity index (χ2v) is 7.97. The first-order valence-electron chi connectivity index (χ1n) is 8.62. The van der Waals surface area contributed by atoms with Crippen molar-refractivity contribution in [2.24, 2.45) is 11.3 Å². The van der Waals surface area contributed by atoms with Crippen LogP contribution >= 0.6 is 0 Å². The summed E-state index contributed by atoms with van der Waals surface area (Å²) in [5, 5.41) is 0. The lowest BCUT2D eigenvalue weighted by Gasteiger charge is -2.37. The maximum absolute atomic E-state index is 13.2. The van der Waals surface area contributed by atoms with Gasteiger partial charge in [-0.3, -0.25) is 14.4 Å². The fourth-order valence-corrected chi connectivity index (χ4v) is 3.99. The first-order valence-corrected chi connectivity index (χ1v) is 8.62. The number of fused-ring (bicyclic) bond motifs is 1. The minimum atomic E-state index is -1.24. The van der Waals surface area contributed by atoms with Gasteiger partial charge in [0.2, 0.25) is 0 Å². The zero-order chi connectivity index (χ0) is 17.5. The number of hydrogen-bond donors (Lipinski definition) is 0. The van der Waals surface area contributed by atoms with E-state index in [1.807, 2.05) is 18.2 Å². The number of ketones is 2. The Kier molecular flexibility index (Phi) is 4.10. The Balaban J connectivity index is 2.04. The highest BCUT2D eigenvalue weighted by molar-refractivity contribution is 6.16. The van der Waals surface area contributed by atoms with Crippen LogP contribution in [0.2, 0.25) is 0 Å². The number of carbonyl (C=O) groups is 3. The zero-order valence-corrected chi connectivity index (χ0v) is 14.6. The summed E-state index contributed by atoms with van der Waals surface area (Å²) < 4.78 is 5.64. The van der Waals surface area contributed by atoms with Gasteiger partial charge < -0.3 is 4.74 Å². The quantitative estimate of drug-likeness (QED) is 0.616. The van der Waals surface area contributed by atoms with Crippen molar-refractivity contribution in [1.29, 1.82) is 0 Å². The van der Waals surface area contributed by atoms with E-state index in [-0.39, 0.29) is 17.5 Å². The normalized spacial score (nSPS) is 27.0. The molecule has 1 fully saturated rings. The number of benzene rings is 1. The predicted octanol–water partition coefficient (Wildman–Crippen LogP) is 3.51. The molecular formula is C20H24O4. The monoisotopic (exact) mass is 328 g/mol. The van der Waals surface area contributed by atoms with Crippen molar-refractivity contribution in [3.63, 3.8) is 0 Å². The van der Waals surface area contributed by atoms with Crippen LogP contribution in [0, 0.1) is 11.3 Å². The van der Waals surface area contributed by atoms with E-state index >= 15 is 0 Å². The van der Waals surface area contributed by atoms with Crippen LogP contribution in [-0.2, 0) is 20.7 Å². The SMILES string of the molecule is CC(C)(C)OC(=O)C1(C2CCCC(=O)C2)Cc2ccccc2C1=O. The van der Waals surface area contributed by atoms with Crippen molar-refractivity contribution in [2.45, 2.75) is 58.5 Å². The van der Waals surface area contributed by atoms with Crippen LogP contribution in [0.4, 0.5) is 0 Å². The standard InChI is InChI=1S/C20H24O4/c1-19(2,3)24-18(23)20(14-8-6-9-15(21)11-14)12-13-7-4-5-10-16(13)17(20)22/h4-5,7,10,14H,6,8-9,11-12H2,1-3H3. The molecule has 24 heavy (non-hydrogen) atoms. The summed E-state index contributed by atoms with van der Waals surface area (Å²) >= 11 is 0. The van der Waals surface area contributed by atoms with Gasteiger partial charge in [0.25, 0.3) is 0 Å². The van der Waals surface area contributed by atoms with Gasteiger partial charge in [-0.05, 0) is 51.5 Å². The van der Waals surface area contributed by atoms with E-state index < -0.39 is 17.0 Å². The van der Waals surface area contributed by atoms with E-state index in [0.29, 0.717) is 31.2 Å². The van der Waals surface area contributed by atoms with Gasteiger partial charge in [-0.2, -0.15) is 0 Å². The van der Waals surface area contributed by atoms with Gasteiger partial charge in [0.1, 0.15) is 16.8 Å². The first-order chi connectivity index (χ1) is 11.2. The lowest BCUT2D eigenvalue weighted by atomic mass is 9.66. The minimum absolute atomic E-state index is 0.137. The predicted molar refractivity (Wildman–Crippen MR) is 89.7 cm³/mol. The van der Waals surface area contributed by atoms with Crippen molar-refractivity contribution in [3.05, 3.63) is 35.4 Å². The molecule has 0 N–H and O–H groups in total. The molecule has 1 aromatic carbocycles. The molecule has 3 rings (SSSR count). The maximum atomic E-state index is 13.2. The minimum Gasteiger partial charge on any atom is -0.459 e. The lowest BCUT2D eigenvalue weighted by Crippen LogP contribution is -2.49. The molecule has 0 bridgehead atoms. The Labute approximate surface area is 142 Å². The molecule has 1 aromatic rings. The molecule has 2 aliphatic rings.